The van der Waals surface area contributed by atoms with Crippen LogP contribution in [-0.2, 0) is 7.05 Å². The molecule has 0 bridgehead atoms. The van der Waals surface area contributed by atoms with Crippen LogP contribution in [0.5, 0.6) is 0 Å². The summed E-state index contributed by atoms with van der Waals surface area (Å²) in [6, 6.07) is 9.77. The predicted molar refractivity (Wildman–Crippen MR) is 63.0 cm³/mol. The van der Waals surface area contributed by atoms with Crippen molar-refractivity contribution in [3.63, 3.8) is 0 Å². The van der Waals surface area contributed by atoms with E-state index in [1.165, 1.54) is 0 Å². The topological polar surface area (TPSA) is 26.9 Å². The first-order chi connectivity index (χ1) is 7.77. The Morgan fingerprint density at radius 2 is 1.88 bits per heavy atom. The fraction of sp³-hybridized carbons (Fsp3) is 0.308. The average Bonchev–Trinajstić information content (AvgIpc) is 3.07. The van der Waals surface area contributed by atoms with Crippen LogP contribution in [-0.4, -0.2) is 9.36 Å². The van der Waals surface area contributed by atoms with Crippen molar-refractivity contribution < 1.29 is 0 Å². The first kappa shape index (κ1) is 9.46. The summed E-state index contributed by atoms with van der Waals surface area (Å²) in [4.78, 5) is 12.2. The Balaban J connectivity index is 2.17. The Morgan fingerprint density at radius 3 is 2.50 bits per heavy atom. The first-order valence-corrected chi connectivity index (χ1v) is 5.61. The monoisotopic (exact) mass is 214 g/mol. The lowest BCUT2D eigenvalue weighted by Gasteiger charge is -2.05. The van der Waals surface area contributed by atoms with Crippen molar-refractivity contribution in [1.82, 2.24) is 9.36 Å². The van der Waals surface area contributed by atoms with Crippen LogP contribution >= 0.6 is 0 Å². The van der Waals surface area contributed by atoms with Gasteiger partial charge in [0.25, 0.3) is 5.56 Å². The summed E-state index contributed by atoms with van der Waals surface area (Å²) < 4.78 is 3.61. The molecule has 1 fully saturated rings. The lowest BCUT2D eigenvalue weighted by molar-refractivity contribution is 0.646. The molecule has 0 saturated heterocycles. The van der Waals surface area contributed by atoms with Crippen molar-refractivity contribution >= 4 is 0 Å². The molecule has 0 radical (unpaired) electrons. The molecule has 0 aliphatic heterocycles. The van der Waals surface area contributed by atoms with Crippen molar-refractivity contribution in [3.8, 4) is 5.69 Å². The zero-order chi connectivity index (χ0) is 11.1. The van der Waals surface area contributed by atoms with Gasteiger partial charge in [-0.05, 0) is 30.9 Å². The number of rotatable bonds is 2. The van der Waals surface area contributed by atoms with Crippen molar-refractivity contribution in [3.05, 3.63) is 52.4 Å². The Hall–Kier alpha value is -1.77. The molecule has 3 nitrogen and oxygen atoms in total. The van der Waals surface area contributed by atoms with Crippen LogP contribution in [0.1, 0.15) is 24.3 Å². The number of hydrogen-bond donors (Lipinski definition) is 0. The molecule has 0 N–H and O–H groups in total. The molecule has 3 rings (SSSR count). The third-order valence-electron chi connectivity index (χ3n) is 3.10. The zero-order valence-corrected chi connectivity index (χ0v) is 9.26. The van der Waals surface area contributed by atoms with Crippen LogP contribution in [0.2, 0.25) is 0 Å². The van der Waals surface area contributed by atoms with Gasteiger partial charge in [0.05, 0.1) is 5.69 Å². The molecule has 2 aromatic rings. The highest BCUT2D eigenvalue weighted by atomic mass is 16.1. The van der Waals surface area contributed by atoms with E-state index in [0.717, 1.165) is 24.1 Å². The van der Waals surface area contributed by atoms with E-state index in [4.69, 9.17) is 0 Å². The van der Waals surface area contributed by atoms with Crippen LogP contribution in [0.4, 0.5) is 0 Å². The van der Waals surface area contributed by atoms with Gasteiger partial charge in [-0.1, -0.05) is 18.2 Å². The van der Waals surface area contributed by atoms with Crippen molar-refractivity contribution in [2.45, 2.75) is 18.8 Å². The molecule has 0 spiro atoms. The van der Waals surface area contributed by atoms with Gasteiger partial charge in [0.15, 0.2) is 0 Å². The SMILES string of the molecule is Cn1cc(C2CC2)c(=O)n1-c1ccccc1. The maximum atomic E-state index is 12.2. The molecule has 1 saturated carbocycles. The van der Waals surface area contributed by atoms with Crippen LogP contribution in [0.15, 0.2) is 41.3 Å². The number of aromatic nitrogens is 2. The highest BCUT2D eigenvalue weighted by Crippen LogP contribution is 2.38. The molecule has 1 aliphatic carbocycles. The van der Waals surface area contributed by atoms with E-state index < -0.39 is 0 Å². The van der Waals surface area contributed by atoms with Crippen LogP contribution in [0.3, 0.4) is 0 Å². The van der Waals surface area contributed by atoms with Gasteiger partial charge in [-0.25, -0.2) is 4.68 Å². The van der Waals surface area contributed by atoms with E-state index in [9.17, 15) is 4.79 Å². The van der Waals surface area contributed by atoms with Gasteiger partial charge in [0.1, 0.15) is 0 Å². The quantitative estimate of drug-likeness (QED) is 0.751. The number of nitrogens with zero attached hydrogens (tertiary/aromatic N) is 2. The third kappa shape index (κ3) is 1.40. The molecular weight excluding hydrogens is 200 g/mol. The number of aryl methyl sites for hydroxylation is 1. The predicted octanol–water partition coefficient (Wildman–Crippen LogP) is 2.05. The largest absolute Gasteiger partial charge is 0.288 e. The third-order valence-corrected chi connectivity index (χ3v) is 3.10. The fourth-order valence-electron chi connectivity index (χ4n) is 2.12. The Kier molecular flexibility index (Phi) is 1.99. The Labute approximate surface area is 93.9 Å². The first-order valence-electron chi connectivity index (χ1n) is 5.61. The lowest BCUT2D eigenvalue weighted by Crippen LogP contribution is -2.20. The molecule has 0 unspecified atom stereocenters. The minimum absolute atomic E-state index is 0.135. The van der Waals surface area contributed by atoms with E-state index in [-0.39, 0.29) is 5.56 Å². The van der Waals surface area contributed by atoms with Gasteiger partial charge in [0.2, 0.25) is 0 Å². The molecule has 1 aromatic heterocycles. The fourth-order valence-corrected chi connectivity index (χ4v) is 2.12. The average molecular weight is 214 g/mol. The van der Waals surface area contributed by atoms with E-state index in [0.29, 0.717) is 5.92 Å². The molecular formula is C13H14N2O. The Morgan fingerprint density at radius 1 is 1.19 bits per heavy atom. The van der Waals surface area contributed by atoms with Crippen LogP contribution in [0.25, 0.3) is 5.69 Å². The summed E-state index contributed by atoms with van der Waals surface area (Å²) in [7, 11) is 1.92. The molecule has 0 atom stereocenters. The van der Waals surface area contributed by atoms with Crippen molar-refractivity contribution in [2.24, 2.45) is 7.05 Å². The smallest absolute Gasteiger partial charge is 0.274 e. The second kappa shape index (κ2) is 3.37. The normalized spacial score (nSPS) is 15.3. The maximum Gasteiger partial charge on any atom is 0.274 e. The van der Waals surface area contributed by atoms with Gasteiger partial charge in [-0.2, -0.15) is 0 Å². The molecule has 1 aliphatic rings. The summed E-state index contributed by atoms with van der Waals surface area (Å²) in [5.41, 5.74) is 2.03. The molecule has 0 amide bonds. The van der Waals surface area contributed by atoms with E-state index >= 15 is 0 Å². The second-order valence-electron chi connectivity index (χ2n) is 4.38. The summed E-state index contributed by atoms with van der Waals surface area (Å²) in [5.74, 6) is 0.503. The Bertz CT molecular complexity index is 561. The zero-order valence-electron chi connectivity index (χ0n) is 9.26. The molecule has 82 valence electrons. The molecule has 3 heteroatoms. The highest BCUT2D eigenvalue weighted by Gasteiger charge is 2.28. The minimum atomic E-state index is 0.135. The minimum Gasteiger partial charge on any atom is -0.288 e. The van der Waals surface area contributed by atoms with E-state index in [1.54, 1.807) is 4.68 Å². The van der Waals surface area contributed by atoms with E-state index in [2.05, 4.69) is 0 Å². The van der Waals surface area contributed by atoms with Crippen molar-refractivity contribution in [1.29, 1.82) is 0 Å². The number of para-hydroxylation sites is 1. The lowest BCUT2D eigenvalue weighted by atomic mass is 10.2. The van der Waals surface area contributed by atoms with Crippen LogP contribution in [0, 0.1) is 0 Å². The molecule has 16 heavy (non-hydrogen) atoms. The second-order valence-corrected chi connectivity index (χ2v) is 4.38. The van der Waals surface area contributed by atoms with Gasteiger partial charge in [0, 0.05) is 18.8 Å². The highest BCUT2D eigenvalue weighted by molar-refractivity contribution is 5.32. The number of hydrogen-bond acceptors (Lipinski definition) is 1. The van der Waals surface area contributed by atoms with Gasteiger partial charge >= 0.3 is 0 Å². The van der Waals surface area contributed by atoms with Gasteiger partial charge in [-0.3, -0.25) is 9.48 Å². The molecule has 1 heterocycles. The summed E-state index contributed by atoms with van der Waals surface area (Å²) in [6.07, 6.45) is 4.29. The van der Waals surface area contributed by atoms with Crippen LogP contribution < -0.4 is 5.56 Å². The summed E-state index contributed by atoms with van der Waals surface area (Å²) in [5, 5.41) is 0. The van der Waals surface area contributed by atoms with E-state index in [1.807, 2.05) is 48.3 Å². The van der Waals surface area contributed by atoms with Gasteiger partial charge < -0.3 is 0 Å². The summed E-state index contributed by atoms with van der Waals surface area (Å²) in [6.45, 7) is 0. The maximum absolute atomic E-state index is 12.2. The molecule has 1 aromatic carbocycles. The summed E-state index contributed by atoms with van der Waals surface area (Å²) >= 11 is 0. The standard InChI is InChI=1S/C13H14N2O/c1-14-9-12(10-7-8-10)13(16)15(14)11-5-3-2-4-6-11/h2-6,9-10H,7-8H2,1H3. The number of benzene rings is 1. The van der Waals surface area contributed by atoms with Crippen molar-refractivity contribution in [2.75, 3.05) is 0 Å². The van der Waals surface area contributed by atoms with Gasteiger partial charge in [-0.15, -0.1) is 0 Å².